The number of benzene rings is 2. The second-order valence-electron chi connectivity index (χ2n) is 4.86. The van der Waals surface area contributed by atoms with Gasteiger partial charge in [-0.2, -0.15) is 0 Å². The molecule has 2 aromatic rings. The molecule has 0 saturated carbocycles. The lowest BCUT2D eigenvalue weighted by Gasteiger charge is -2.07. The summed E-state index contributed by atoms with van der Waals surface area (Å²) in [6.07, 6.45) is 0. The maximum absolute atomic E-state index is 12.1. The van der Waals surface area contributed by atoms with Crippen LogP contribution in [0.3, 0.4) is 0 Å². The van der Waals surface area contributed by atoms with Crippen molar-refractivity contribution in [2.24, 2.45) is 0 Å². The molecule has 1 N–H and O–H groups in total. The average molecular weight is 333 g/mol. The van der Waals surface area contributed by atoms with Crippen LogP contribution >= 0.6 is 0 Å². The molecule has 1 unspecified atom stereocenters. The van der Waals surface area contributed by atoms with Gasteiger partial charge >= 0.3 is 0 Å². The van der Waals surface area contributed by atoms with Gasteiger partial charge in [-0.1, -0.05) is 12.1 Å². The molecule has 0 saturated heterocycles. The minimum absolute atomic E-state index is 0.0523. The Hall–Kier alpha value is -2.34. The Morgan fingerprint density at radius 2 is 1.74 bits per heavy atom. The average Bonchev–Trinajstić information content (AvgIpc) is 2.55. The van der Waals surface area contributed by atoms with E-state index in [1.165, 1.54) is 0 Å². The van der Waals surface area contributed by atoms with E-state index in [2.05, 4.69) is 5.32 Å². The summed E-state index contributed by atoms with van der Waals surface area (Å²) < 4.78 is 22.3. The minimum Gasteiger partial charge on any atom is -0.497 e. The zero-order valence-electron chi connectivity index (χ0n) is 13.1. The van der Waals surface area contributed by atoms with Gasteiger partial charge in [0.15, 0.2) is 0 Å². The van der Waals surface area contributed by atoms with Gasteiger partial charge in [-0.05, 0) is 42.0 Å². The van der Waals surface area contributed by atoms with Gasteiger partial charge in [0.05, 0.1) is 14.2 Å². The number of nitrogens with one attached hydrogen (secondary N) is 1. The molecule has 0 aliphatic heterocycles. The molecule has 0 radical (unpaired) electrons. The van der Waals surface area contributed by atoms with Gasteiger partial charge in [0.2, 0.25) is 5.91 Å². The van der Waals surface area contributed by atoms with E-state index in [1.54, 1.807) is 38.5 Å². The first-order chi connectivity index (χ1) is 11.1. The highest BCUT2D eigenvalue weighted by molar-refractivity contribution is 7.84. The van der Waals surface area contributed by atoms with E-state index >= 15 is 0 Å². The number of carbonyl (C=O) groups excluding carboxylic acids is 1. The number of amides is 1. The first kappa shape index (κ1) is 17.0. The predicted molar refractivity (Wildman–Crippen MR) is 91.3 cm³/mol. The quantitative estimate of drug-likeness (QED) is 0.846. The molecule has 0 fully saturated rings. The molecule has 5 nitrogen and oxygen atoms in total. The Balaban J connectivity index is 1.87. The number of hydrogen-bond acceptors (Lipinski definition) is 4. The van der Waals surface area contributed by atoms with E-state index in [4.69, 9.17) is 9.47 Å². The van der Waals surface area contributed by atoms with Crippen LogP contribution < -0.4 is 14.8 Å². The van der Waals surface area contributed by atoms with Crippen molar-refractivity contribution in [2.45, 2.75) is 5.75 Å². The molecular weight excluding hydrogens is 314 g/mol. The van der Waals surface area contributed by atoms with Crippen LogP contribution in [-0.2, 0) is 21.3 Å². The van der Waals surface area contributed by atoms with E-state index in [-0.39, 0.29) is 11.7 Å². The first-order valence-corrected chi connectivity index (χ1v) is 8.51. The van der Waals surface area contributed by atoms with E-state index in [9.17, 15) is 9.00 Å². The molecule has 122 valence electrons. The van der Waals surface area contributed by atoms with Crippen molar-refractivity contribution in [1.29, 1.82) is 0 Å². The Kier molecular flexibility index (Phi) is 6.17. The number of rotatable bonds is 7. The zero-order valence-corrected chi connectivity index (χ0v) is 13.9. The molecule has 23 heavy (non-hydrogen) atoms. The fourth-order valence-corrected chi connectivity index (χ4v) is 3.03. The fourth-order valence-electron chi connectivity index (χ4n) is 2.02. The van der Waals surface area contributed by atoms with Crippen LogP contribution in [0.2, 0.25) is 0 Å². The molecule has 6 heteroatoms. The number of methoxy groups -OCH3 is 2. The van der Waals surface area contributed by atoms with Gasteiger partial charge in [-0.25, -0.2) is 0 Å². The van der Waals surface area contributed by atoms with Crippen LogP contribution in [0.5, 0.6) is 11.5 Å². The molecule has 0 aromatic heterocycles. The summed E-state index contributed by atoms with van der Waals surface area (Å²) in [7, 11) is 1.88. The molecular formula is C17H19NO4S. The van der Waals surface area contributed by atoms with Crippen molar-refractivity contribution in [1.82, 2.24) is 0 Å². The van der Waals surface area contributed by atoms with Crippen LogP contribution in [-0.4, -0.2) is 30.1 Å². The molecule has 2 aromatic carbocycles. The van der Waals surface area contributed by atoms with Gasteiger partial charge in [-0.15, -0.1) is 0 Å². The molecule has 0 aliphatic rings. The topological polar surface area (TPSA) is 64.6 Å². The van der Waals surface area contributed by atoms with E-state index in [1.807, 2.05) is 24.3 Å². The molecule has 0 bridgehead atoms. The molecule has 2 rings (SSSR count). The summed E-state index contributed by atoms with van der Waals surface area (Å²) >= 11 is 0. The van der Waals surface area contributed by atoms with Crippen molar-refractivity contribution >= 4 is 22.4 Å². The third-order valence-corrected chi connectivity index (χ3v) is 4.37. The summed E-state index contributed by atoms with van der Waals surface area (Å²) in [5.74, 6) is 1.40. The maximum atomic E-state index is 12.1. The second-order valence-corrected chi connectivity index (χ2v) is 6.31. The maximum Gasteiger partial charge on any atom is 0.237 e. The monoisotopic (exact) mass is 333 g/mol. The number of anilines is 1. The smallest absolute Gasteiger partial charge is 0.237 e. The molecule has 0 spiro atoms. The van der Waals surface area contributed by atoms with Gasteiger partial charge in [-0.3, -0.25) is 9.00 Å². The summed E-state index contributed by atoms with van der Waals surface area (Å²) in [6.45, 7) is 0. The highest BCUT2D eigenvalue weighted by Gasteiger charge is 2.10. The van der Waals surface area contributed by atoms with E-state index in [0.29, 0.717) is 22.9 Å². The summed E-state index contributed by atoms with van der Waals surface area (Å²) in [5.41, 5.74) is 1.52. The van der Waals surface area contributed by atoms with Crippen LogP contribution in [0.1, 0.15) is 5.56 Å². The van der Waals surface area contributed by atoms with Crippen LogP contribution in [0.25, 0.3) is 0 Å². The lowest BCUT2D eigenvalue weighted by atomic mass is 10.2. The Morgan fingerprint density at radius 3 is 2.39 bits per heavy atom. The third kappa shape index (κ3) is 5.41. The number of ether oxygens (including phenoxy) is 2. The molecule has 1 atom stereocenters. The van der Waals surface area contributed by atoms with Crippen LogP contribution in [0.15, 0.2) is 48.5 Å². The van der Waals surface area contributed by atoms with Crippen molar-refractivity contribution in [3.8, 4) is 11.5 Å². The number of carbonyl (C=O) groups is 1. The Morgan fingerprint density at radius 1 is 1.04 bits per heavy atom. The lowest BCUT2D eigenvalue weighted by molar-refractivity contribution is -0.113. The van der Waals surface area contributed by atoms with Crippen LogP contribution in [0.4, 0.5) is 5.69 Å². The van der Waals surface area contributed by atoms with Crippen LogP contribution in [0, 0.1) is 0 Å². The van der Waals surface area contributed by atoms with Crippen molar-refractivity contribution in [2.75, 3.05) is 25.3 Å². The highest BCUT2D eigenvalue weighted by Crippen LogP contribution is 2.16. The summed E-state index contributed by atoms with van der Waals surface area (Å²) in [5, 5.41) is 2.72. The normalized spacial score (nSPS) is 11.6. The molecule has 1 amide bonds. The zero-order chi connectivity index (χ0) is 16.7. The predicted octanol–water partition coefficient (Wildman–Crippen LogP) is 2.59. The second kappa shape index (κ2) is 8.33. The van der Waals surface area contributed by atoms with Gasteiger partial charge in [0.25, 0.3) is 0 Å². The molecule has 0 aliphatic carbocycles. The van der Waals surface area contributed by atoms with E-state index in [0.717, 1.165) is 5.56 Å². The van der Waals surface area contributed by atoms with E-state index < -0.39 is 10.8 Å². The van der Waals surface area contributed by atoms with Gasteiger partial charge in [0, 0.05) is 22.2 Å². The third-order valence-electron chi connectivity index (χ3n) is 3.13. The highest BCUT2D eigenvalue weighted by atomic mass is 32.2. The van der Waals surface area contributed by atoms with Crippen molar-refractivity contribution < 1.29 is 18.5 Å². The Labute approximate surface area is 138 Å². The molecule has 0 heterocycles. The lowest BCUT2D eigenvalue weighted by Crippen LogP contribution is -2.20. The fraction of sp³-hybridized carbons (Fsp3) is 0.235. The van der Waals surface area contributed by atoms with Crippen molar-refractivity contribution in [3.05, 3.63) is 54.1 Å². The minimum atomic E-state index is -1.28. The summed E-state index contributed by atoms with van der Waals surface area (Å²) in [4.78, 5) is 11.9. The number of hydrogen-bond donors (Lipinski definition) is 1. The summed E-state index contributed by atoms with van der Waals surface area (Å²) in [6, 6.07) is 14.3. The standard InChI is InChI=1S/C17H19NO4S/c1-21-15-8-6-14(7-9-15)18-17(19)12-23(20)11-13-4-3-5-16(10-13)22-2/h3-10H,11-12H2,1-2H3,(H,18,19). The largest absolute Gasteiger partial charge is 0.497 e. The first-order valence-electron chi connectivity index (χ1n) is 7.02. The van der Waals surface area contributed by atoms with Gasteiger partial charge in [0.1, 0.15) is 17.3 Å². The van der Waals surface area contributed by atoms with Crippen molar-refractivity contribution in [3.63, 3.8) is 0 Å². The SMILES string of the molecule is COc1ccc(NC(=O)CS(=O)Cc2cccc(OC)c2)cc1. The Bertz CT molecular complexity index is 685. The van der Waals surface area contributed by atoms with Gasteiger partial charge < -0.3 is 14.8 Å².